The molecule has 3 aromatic carbocycles. The minimum Gasteiger partial charge on any atom is -0.477 e. The highest BCUT2D eigenvalue weighted by atomic mass is 32.1. The number of carboxylic acids is 1. The summed E-state index contributed by atoms with van der Waals surface area (Å²) in [6.45, 7) is 2.64. The zero-order valence-corrected chi connectivity index (χ0v) is 21.5. The molecule has 3 N–H and O–H groups in total. The van der Waals surface area contributed by atoms with Crippen molar-refractivity contribution in [3.8, 4) is 11.3 Å². The van der Waals surface area contributed by atoms with E-state index in [0.29, 0.717) is 10.8 Å². The van der Waals surface area contributed by atoms with Gasteiger partial charge in [-0.2, -0.15) is 0 Å². The summed E-state index contributed by atoms with van der Waals surface area (Å²) in [5.74, 6) is -1.20. The number of nitrogens with two attached hydrogens (primary N) is 1. The van der Waals surface area contributed by atoms with Crippen LogP contribution in [0.1, 0.15) is 29.5 Å². The molecule has 5 rings (SSSR count). The van der Waals surface area contributed by atoms with E-state index in [9.17, 15) is 4.79 Å². The molecule has 0 saturated carbocycles. The second kappa shape index (κ2) is 12.3. The lowest BCUT2D eigenvalue weighted by Crippen LogP contribution is -2.32. The Morgan fingerprint density at radius 2 is 1.57 bits per heavy atom. The van der Waals surface area contributed by atoms with Gasteiger partial charge in [-0.05, 0) is 33.0 Å². The van der Waals surface area contributed by atoms with Crippen molar-refractivity contribution in [3.05, 3.63) is 107 Å². The number of anilines is 1. The first-order valence-electron chi connectivity index (χ1n) is 12.1. The van der Waals surface area contributed by atoms with Gasteiger partial charge in [0, 0.05) is 27.6 Å². The van der Waals surface area contributed by atoms with E-state index in [1.165, 1.54) is 37.3 Å². The van der Waals surface area contributed by atoms with Crippen LogP contribution >= 0.6 is 11.3 Å². The minimum absolute atomic E-state index is 0.458. The van der Waals surface area contributed by atoms with Crippen LogP contribution in [0.25, 0.3) is 11.3 Å². The molecule has 2 heterocycles. The Morgan fingerprint density at radius 1 is 1.00 bits per heavy atom. The molecule has 190 valence electrons. The van der Waals surface area contributed by atoms with Crippen LogP contribution in [-0.4, -0.2) is 47.3 Å². The number of aromatic nitrogens is 1. The molecule has 0 amide bonds. The molecule has 1 saturated heterocycles. The summed E-state index contributed by atoms with van der Waals surface area (Å²) in [7, 11) is 2.17. The molecule has 8 heteroatoms. The van der Waals surface area contributed by atoms with Crippen molar-refractivity contribution in [3.63, 3.8) is 0 Å². The molecule has 0 bridgehead atoms. The van der Waals surface area contributed by atoms with E-state index in [0.717, 1.165) is 28.5 Å². The summed E-state index contributed by atoms with van der Waals surface area (Å²) in [6, 6.07) is 26.8. The van der Waals surface area contributed by atoms with Gasteiger partial charge < -0.3 is 20.6 Å². The summed E-state index contributed by atoms with van der Waals surface area (Å²) in [6.07, 6.45) is 3.57. The zero-order valence-electron chi connectivity index (χ0n) is 20.7. The number of carboxylic acid groups (broad SMARTS) is 1. The van der Waals surface area contributed by atoms with E-state index >= 15 is 0 Å². The number of thiazole rings is 1. The third-order valence-corrected chi connectivity index (χ3v) is 6.82. The second-order valence-electron chi connectivity index (χ2n) is 8.70. The van der Waals surface area contributed by atoms with Crippen molar-refractivity contribution < 1.29 is 14.7 Å². The normalized spacial score (nSPS) is 13.8. The van der Waals surface area contributed by atoms with Gasteiger partial charge in [-0.15, -0.1) is 11.3 Å². The van der Waals surface area contributed by atoms with Gasteiger partial charge in [0.25, 0.3) is 0 Å². The van der Waals surface area contributed by atoms with E-state index in [1.54, 1.807) is 0 Å². The largest absolute Gasteiger partial charge is 0.477 e. The number of nitrogens with zero attached hydrogens (tertiary/aromatic N) is 3. The molecule has 1 aliphatic rings. The molecular formula is C29H30N4O3S. The Hall–Kier alpha value is -4.01. The van der Waals surface area contributed by atoms with E-state index < -0.39 is 11.6 Å². The van der Waals surface area contributed by atoms with E-state index in [1.807, 2.05) is 90.3 Å². The number of aliphatic carboxylic acids is 1. The Bertz CT molecular complexity index is 1280. The summed E-state index contributed by atoms with van der Waals surface area (Å²) in [5, 5.41) is 15.3. The number of hydrogen-bond donors (Lipinski definition) is 2. The topological polar surface area (TPSA) is 101 Å². The van der Waals surface area contributed by atoms with Gasteiger partial charge in [0.05, 0.1) is 5.69 Å². The molecule has 7 nitrogen and oxygen atoms in total. The van der Waals surface area contributed by atoms with Gasteiger partial charge >= 0.3 is 5.97 Å². The molecule has 0 spiro atoms. The van der Waals surface area contributed by atoms with Crippen molar-refractivity contribution in [2.75, 3.05) is 25.9 Å². The minimum atomic E-state index is -1.22. The van der Waals surface area contributed by atoms with Crippen LogP contribution in [0.15, 0.2) is 95.5 Å². The summed E-state index contributed by atoms with van der Waals surface area (Å²) in [4.78, 5) is 24.1. The van der Waals surface area contributed by atoms with Gasteiger partial charge in [0.1, 0.15) is 0 Å². The first kappa shape index (κ1) is 26.1. The Morgan fingerprint density at radius 3 is 2.05 bits per heavy atom. The van der Waals surface area contributed by atoms with Crippen LogP contribution in [0.5, 0.6) is 0 Å². The number of benzene rings is 3. The van der Waals surface area contributed by atoms with Crippen LogP contribution in [-0.2, 0) is 15.2 Å². The number of hydrogen-bond acceptors (Lipinski definition) is 7. The summed E-state index contributed by atoms with van der Waals surface area (Å²) < 4.78 is 0. The predicted molar refractivity (Wildman–Crippen MR) is 149 cm³/mol. The van der Waals surface area contributed by atoms with Crippen molar-refractivity contribution in [1.82, 2.24) is 9.88 Å². The highest BCUT2D eigenvalue weighted by Gasteiger charge is 2.41. The number of nitrogen functional groups attached to an aromatic ring is 1. The average Bonchev–Trinajstić information content (AvgIpc) is 3.59. The third-order valence-electron chi connectivity index (χ3n) is 6.15. The first-order valence-corrected chi connectivity index (χ1v) is 12.9. The molecule has 4 aromatic rings. The van der Waals surface area contributed by atoms with E-state index in [-0.39, 0.29) is 0 Å². The van der Waals surface area contributed by atoms with Crippen LogP contribution in [0.2, 0.25) is 0 Å². The molecule has 37 heavy (non-hydrogen) atoms. The molecule has 0 atom stereocenters. The molecule has 1 aromatic heterocycles. The monoisotopic (exact) mass is 514 g/mol. The molecule has 0 aliphatic carbocycles. The van der Waals surface area contributed by atoms with Gasteiger partial charge in [-0.1, -0.05) is 90.1 Å². The number of oxime groups is 1. The van der Waals surface area contributed by atoms with Gasteiger partial charge in [-0.25, -0.2) is 9.78 Å². The van der Waals surface area contributed by atoms with Crippen molar-refractivity contribution in [2.45, 2.75) is 18.4 Å². The zero-order chi connectivity index (χ0) is 26.1. The number of carbonyl (C=O) groups is 1. The fraction of sp³-hybridized carbons (Fsp3) is 0.207. The second-order valence-corrected chi connectivity index (χ2v) is 9.59. The van der Waals surface area contributed by atoms with Crippen LogP contribution in [0.3, 0.4) is 0 Å². The highest BCUT2D eigenvalue weighted by molar-refractivity contribution is 7.13. The third kappa shape index (κ3) is 6.22. The van der Waals surface area contributed by atoms with Gasteiger partial charge in [0.15, 0.2) is 11.3 Å². The number of likely N-dealkylation sites (tertiary alicyclic amines) is 1. The lowest BCUT2D eigenvalue weighted by atomic mass is 9.78. The maximum Gasteiger partial charge on any atom is 0.350 e. The van der Waals surface area contributed by atoms with Crippen LogP contribution < -0.4 is 5.73 Å². The fourth-order valence-electron chi connectivity index (χ4n) is 4.43. The van der Waals surface area contributed by atoms with Crippen LogP contribution in [0, 0.1) is 0 Å². The fourth-order valence-corrected chi connectivity index (χ4v) is 4.99. The molecule has 1 fully saturated rings. The van der Waals surface area contributed by atoms with Gasteiger partial charge in [-0.3, -0.25) is 0 Å². The Balaban J connectivity index is 0.000000469. The molecule has 0 radical (unpaired) electrons. The van der Waals surface area contributed by atoms with Gasteiger partial charge in [0.2, 0.25) is 5.60 Å². The van der Waals surface area contributed by atoms with Crippen molar-refractivity contribution >= 4 is 28.7 Å². The van der Waals surface area contributed by atoms with Crippen molar-refractivity contribution in [1.29, 1.82) is 0 Å². The molecule has 0 unspecified atom stereocenters. The highest BCUT2D eigenvalue weighted by Crippen LogP contribution is 2.44. The maximum absolute atomic E-state index is 11.1. The lowest BCUT2D eigenvalue weighted by molar-refractivity contribution is -0.129. The lowest BCUT2D eigenvalue weighted by Gasteiger charge is -2.34. The molecule has 1 aliphatic heterocycles. The predicted octanol–water partition coefficient (Wildman–Crippen LogP) is 5.48. The SMILES string of the molecule is CN1CCCC1.Nc1nc(-c2ccccc2C(ON=CC(=O)O)(c2ccccc2)c2ccccc2)cs1. The summed E-state index contributed by atoms with van der Waals surface area (Å²) >= 11 is 1.35. The standard InChI is InChI=1S/C24H19N3O3S.C5H11N/c25-23-27-21(16-31-23)19-13-7-8-14-20(19)24(30-26-15-22(28)29,17-9-3-1-4-10-17)18-11-5-2-6-12-18;1-6-4-2-3-5-6/h1-16H,(H2,25,27)(H,28,29);2-5H2,1H3. The number of rotatable bonds is 7. The summed E-state index contributed by atoms with van der Waals surface area (Å²) in [5.41, 5.74) is 8.55. The van der Waals surface area contributed by atoms with Crippen molar-refractivity contribution in [2.24, 2.45) is 5.16 Å². The Labute approximate surface area is 220 Å². The maximum atomic E-state index is 11.1. The van der Waals surface area contributed by atoms with Crippen LogP contribution in [0.4, 0.5) is 5.13 Å². The smallest absolute Gasteiger partial charge is 0.350 e. The molecular weight excluding hydrogens is 484 g/mol. The van der Waals surface area contributed by atoms with E-state index in [2.05, 4.69) is 22.1 Å². The Kier molecular flexibility index (Phi) is 8.66. The first-order chi connectivity index (χ1) is 18.0. The quantitative estimate of drug-likeness (QED) is 0.192. The average molecular weight is 515 g/mol. The van der Waals surface area contributed by atoms with E-state index in [4.69, 9.17) is 15.7 Å².